The van der Waals surface area contributed by atoms with Gasteiger partial charge in [-0.05, 0) is 34.7 Å². The molecule has 0 amide bonds. The minimum Gasteiger partial charge on any atom is -0.439 e. The van der Waals surface area contributed by atoms with Crippen molar-refractivity contribution in [3.8, 4) is 0 Å². The highest BCUT2D eigenvalue weighted by molar-refractivity contribution is 14.1. The predicted molar refractivity (Wildman–Crippen MR) is 54.6 cm³/mol. The van der Waals surface area contributed by atoms with Gasteiger partial charge in [0.15, 0.2) is 5.58 Å². The number of aromatic nitrogens is 1. The number of halogens is 1. The van der Waals surface area contributed by atoms with Crippen LogP contribution in [0.5, 0.6) is 0 Å². The molecule has 2 rings (SSSR count). The molecule has 1 aromatic heterocycles. The van der Waals surface area contributed by atoms with Crippen LogP contribution in [0.2, 0.25) is 0 Å². The van der Waals surface area contributed by atoms with Crippen molar-refractivity contribution < 1.29 is 4.42 Å². The smallest absolute Gasteiger partial charge is 0.209 e. The summed E-state index contributed by atoms with van der Waals surface area (Å²) in [5.41, 5.74) is 7.11. The molecule has 1 aromatic carbocycles. The van der Waals surface area contributed by atoms with Crippen molar-refractivity contribution in [2.75, 3.05) is 0 Å². The zero-order valence-corrected chi connectivity index (χ0v) is 8.41. The molecule has 0 atom stereocenters. The molecule has 0 fully saturated rings. The Morgan fingerprint density at radius 2 is 2.33 bits per heavy atom. The van der Waals surface area contributed by atoms with Gasteiger partial charge in [0, 0.05) is 3.57 Å². The average molecular weight is 274 g/mol. The first kappa shape index (κ1) is 8.00. The number of hydrogen-bond donors (Lipinski definition) is 1. The molecule has 2 aromatic rings. The molecule has 0 saturated heterocycles. The highest BCUT2D eigenvalue weighted by Crippen LogP contribution is 2.20. The van der Waals surface area contributed by atoms with Crippen molar-refractivity contribution in [3.63, 3.8) is 0 Å². The maximum absolute atomic E-state index is 5.41. The minimum atomic E-state index is 0.352. The van der Waals surface area contributed by atoms with Gasteiger partial charge < -0.3 is 10.2 Å². The molecular formula is C8H7IN2O. The van der Waals surface area contributed by atoms with E-state index in [1.807, 2.05) is 18.2 Å². The standard InChI is InChI=1S/C8H7IN2O/c9-5-2-1-3-6-8(5)11-7(4-10)12-6/h1-3H,4,10H2. The molecule has 0 radical (unpaired) electrons. The van der Waals surface area contributed by atoms with Gasteiger partial charge in [-0.1, -0.05) is 6.07 Å². The third kappa shape index (κ3) is 1.21. The lowest BCUT2D eigenvalue weighted by Gasteiger charge is -1.86. The highest BCUT2D eigenvalue weighted by atomic mass is 127. The predicted octanol–water partition coefficient (Wildman–Crippen LogP) is 1.89. The van der Waals surface area contributed by atoms with Crippen LogP contribution in [0.25, 0.3) is 11.1 Å². The molecule has 0 bridgehead atoms. The van der Waals surface area contributed by atoms with Crippen molar-refractivity contribution in [3.05, 3.63) is 27.7 Å². The highest BCUT2D eigenvalue weighted by Gasteiger charge is 2.05. The van der Waals surface area contributed by atoms with Crippen LogP contribution in [0.15, 0.2) is 22.6 Å². The molecule has 0 aliphatic heterocycles. The number of nitrogens with zero attached hydrogens (tertiary/aromatic N) is 1. The van der Waals surface area contributed by atoms with Gasteiger partial charge in [0.2, 0.25) is 5.89 Å². The van der Waals surface area contributed by atoms with Crippen molar-refractivity contribution in [1.82, 2.24) is 4.98 Å². The van der Waals surface area contributed by atoms with E-state index in [9.17, 15) is 0 Å². The monoisotopic (exact) mass is 274 g/mol. The zero-order chi connectivity index (χ0) is 8.55. The van der Waals surface area contributed by atoms with Crippen LogP contribution in [0.3, 0.4) is 0 Å². The number of benzene rings is 1. The molecule has 3 nitrogen and oxygen atoms in total. The van der Waals surface area contributed by atoms with Crippen molar-refractivity contribution >= 4 is 33.7 Å². The van der Waals surface area contributed by atoms with Gasteiger partial charge in [-0.3, -0.25) is 0 Å². The van der Waals surface area contributed by atoms with Gasteiger partial charge in [-0.15, -0.1) is 0 Å². The van der Waals surface area contributed by atoms with Crippen LogP contribution in [0, 0.1) is 3.57 Å². The number of rotatable bonds is 1. The topological polar surface area (TPSA) is 52.0 Å². The fourth-order valence-electron chi connectivity index (χ4n) is 1.05. The quantitative estimate of drug-likeness (QED) is 0.808. The first-order valence-electron chi connectivity index (χ1n) is 3.55. The largest absolute Gasteiger partial charge is 0.439 e. The Kier molecular flexibility index (Phi) is 2.02. The third-order valence-electron chi connectivity index (χ3n) is 1.59. The normalized spacial score (nSPS) is 10.8. The summed E-state index contributed by atoms with van der Waals surface area (Å²) in [4.78, 5) is 4.23. The second kappa shape index (κ2) is 3.02. The number of para-hydroxylation sites is 1. The molecule has 12 heavy (non-hydrogen) atoms. The molecule has 2 N–H and O–H groups in total. The second-order valence-electron chi connectivity index (χ2n) is 2.40. The average Bonchev–Trinajstić information content (AvgIpc) is 2.49. The van der Waals surface area contributed by atoms with E-state index >= 15 is 0 Å². The number of hydrogen-bond acceptors (Lipinski definition) is 3. The third-order valence-corrected chi connectivity index (χ3v) is 2.46. The molecule has 62 valence electrons. The van der Waals surface area contributed by atoms with Crippen LogP contribution in [-0.4, -0.2) is 4.98 Å². The first-order valence-corrected chi connectivity index (χ1v) is 4.63. The summed E-state index contributed by atoms with van der Waals surface area (Å²) in [6, 6.07) is 5.82. The summed E-state index contributed by atoms with van der Waals surface area (Å²) in [7, 11) is 0. The first-order chi connectivity index (χ1) is 5.81. The Morgan fingerprint density at radius 1 is 1.50 bits per heavy atom. The fraction of sp³-hybridized carbons (Fsp3) is 0.125. The Bertz CT molecular complexity index is 410. The molecule has 0 spiro atoms. The van der Waals surface area contributed by atoms with Gasteiger partial charge in [0.05, 0.1) is 6.54 Å². The van der Waals surface area contributed by atoms with Gasteiger partial charge in [0.25, 0.3) is 0 Å². The maximum atomic E-state index is 5.41. The van der Waals surface area contributed by atoms with Gasteiger partial charge in [-0.25, -0.2) is 4.98 Å². The van der Waals surface area contributed by atoms with Crippen molar-refractivity contribution in [2.45, 2.75) is 6.54 Å². The number of fused-ring (bicyclic) bond motifs is 1. The molecule has 0 aliphatic carbocycles. The molecule has 0 saturated carbocycles. The molecule has 0 unspecified atom stereocenters. The summed E-state index contributed by atoms with van der Waals surface area (Å²) >= 11 is 2.22. The maximum Gasteiger partial charge on any atom is 0.209 e. The fourth-order valence-corrected chi connectivity index (χ4v) is 1.64. The summed E-state index contributed by atoms with van der Waals surface area (Å²) < 4.78 is 6.45. The van der Waals surface area contributed by atoms with Crippen LogP contribution in [0.1, 0.15) is 5.89 Å². The zero-order valence-electron chi connectivity index (χ0n) is 6.25. The SMILES string of the molecule is NCc1nc2c(I)cccc2o1. The van der Waals surface area contributed by atoms with Crippen LogP contribution < -0.4 is 5.73 Å². The molecule has 1 heterocycles. The van der Waals surface area contributed by atoms with Gasteiger partial charge >= 0.3 is 0 Å². The van der Waals surface area contributed by atoms with Crippen molar-refractivity contribution in [2.24, 2.45) is 5.73 Å². The lowest BCUT2D eigenvalue weighted by Crippen LogP contribution is -1.95. The van der Waals surface area contributed by atoms with Gasteiger partial charge in [-0.2, -0.15) is 0 Å². The van der Waals surface area contributed by atoms with E-state index in [4.69, 9.17) is 10.2 Å². The lowest BCUT2D eigenvalue weighted by atomic mass is 10.3. The van der Waals surface area contributed by atoms with Gasteiger partial charge in [0.1, 0.15) is 5.52 Å². The van der Waals surface area contributed by atoms with E-state index in [0.29, 0.717) is 12.4 Å². The van der Waals surface area contributed by atoms with Crippen molar-refractivity contribution in [1.29, 1.82) is 0 Å². The number of oxazole rings is 1. The van der Waals surface area contributed by atoms with E-state index in [1.54, 1.807) is 0 Å². The second-order valence-corrected chi connectivity index (χ2v) is 3.56. The molecular weight excluding hydrogens is 267 g/mol. The molecule has 4 heteroatoms. The summed E-state index contributed by atoms with van der Waals surface area (Å²) in [6.07, 6.45) is 0. The van der Waals surface area contributed by atoms with E-state index in [1.165, 1.54) is 0 Å². The van der Waals surface area contributed by atoms with Crippen LogP contribution in [-0.2, 0) is 6.54 Å². The molecule has 0 aliphatic rings. The Labute approximate surface area is 83.1 Å². The summed E-state index contributed by atoms with van der Waals surface area (Å²) in [5.74, 6) is 0.592. The van der Waals surface area contributed by atoms with Crippen LogP contribution in [0.4, 0.5) is 0 Å². The Hall–Kier alpha value is -0.620. The summed E-state index contributed by atoms with van der Waals surface area (Å²) in [5, 5.41) is 0. The summed E-state index contributed by atoms with van der Waals surface area (Å²) in [6.45, 7) is 0.352. The Balaban J connectivity index is 2.74. The van der Waals surface area contributed by atoms with E-state index in [2.05, 4.69) is 27.6 Å². The van der Waals surface area contributed by atoms with Crippen LogP contribution >= 0.6 is 22.6 Å². The van der Waals surface area contributed by atoms with E-state index < -0.39 is 0 Å². The van der Waals surface area contributed by atoms with E-state index in [-0.39, 0.29) is 0 Å². The minimum absolute atomic E-state index is 0.352. The lowest BCUT2D eigenvalue weighted by molar-refractivity contribution is 0.533. The Morgan fingerprint density at radius 3 is 3.00 bits per heavy atom. The number of nitrogens with two attached hydrogens (primary N) is 1. The van der Waals surface area contributed by atoms with E-state index in [0.717, 1.165) is 14.7 Å².